The number of anilines is 1. The smallest absolute Gasteiger partial charge is 0.291 e. The number of carbonyl (C=O) groups excluding carboxylic acids is 1. The van der Waals surface area contributed by atoms with E-state index in [0.717, 1.165) is 4.47 Å². The van der Waals surface area contributed by atoms with Crippen molar-refractivity contribution < 1.29 is 9.21 Å². The van der Waals surface area contributed by atoms with Gasteiger partial charge in [0.2, 0.25) is 0 Å². The number of halogens is 2. The summed E-state index contributed by atoms with van der Waals surface area (Å²) >= 11 is 9.19. The Morgan fingerprint density at radius 1 is 1.35 bits per heavy atom. The Bertz CT molecular complexity index is 565. The third-order valence-corrected chi connectivity index (χ3v) is 3.07. The van der Waals surface area contributed by atoms with Crippen LogP contribution in [0.1, 0.15) is 16.3 Å². The Labute approximate surface area is 112 Å². The van der Waals surface area contributed by atoms with Gasteiger partial charge in [0.25, 0.3) is 5.91 Å². The lowest BCUT2D eigenvalue weighted by molar-refractivity contribution is 0.0995. The van der Waals surface area contributed by atoms with Gasteiger partial charge in [0.15, 0.2) is 5.76 Å². The highest BCUT2D eigenvalue weighted by Gasteiger charge is 2.11. The summed E-state index contributed by atoms with van der Waals surface area (Å²) in [6, 6.07) is 8.54. The summed E-state index contributed by atoms with van der Waals surface area (Å²) in [5.74, 6) is 0.663. The van der Waals surface area contributed by atoms with Gasteiger partial charge < -0.3 is 9.73 Å². The summed E-state index contributed by atoms with van der Waals surface area (Å²) in [6.45, 7) is 1.78. The van der Waals surface area contributed by atoms with Gasteiger partial charge in [0, 0.05) is 9.50 Å². The molecule has 0 unspecified atom stereocenters. The molecule has 1 heterocycles. The maximum atomic E-state index is 11.8. The van der Waals surface area contributed by atoms with E-state index in [1.807, 2.05) is 0 Å². The Balaban J connectivity index is 2.21. The van der Waals surface area contributed by atoms with Gasteiger partial charge >= 0.3 is 0 Å². The first-order chi connectivity index (χ1) is 8.06. The van der Waals surface area contributed by atoms with Crippen LogP contribution in [0.2, 0.25) is 5.02 Å². The van der Waals surface area contributed by atoms with Crippen molar-refractivity contribution in [2.45, 2.75) is 6.92 Å². The minimum Gasteiger partial charge on any atom is -0.456 e. The Kier molecular flexibility index (Phi) is 3.54. The van der Waals surface area contributed by atoms with Gasteiger partial charge in [0.05, 0.1) is 5.69 Å². The zero-order chi connectivity index (χ0) is 12.4. The Morgan fingerprint density at radius 3 is 2.76 bits per heavy atom. The van der Waals surface area contributed by atoms with Crippen molar-refractivity contribution in [3.8, 4) is 0 Å². The lowest BCUT2D eigenvalue weighted by atomic mass is 10.3. The largest absolute Gasteiger partial charge is 0.456 e. The van der Waals surface area contributed by atoms with E-state index in [4.69, 9.17) is 16.0 Å². The SMILES string of the molecule is Cc1ccc(C(=O)Nc2cc(Cl)ccc2Br)o1. The topological polar surface area (TPSA) is 42.2 Å². The van der Waals surface area contributed by atoms with Crippen molar-refractivity contribution in [3.63, 3.8) is 0 Å². The van der Waals surface area contributed by atoms with E-state index in [0.29, 0.717) is 16.5 Å². The molecule has 1 amide bonds. The monoisotopic (exact) mass is 313 g/mol. The number of rotatable bonds is 2. The molecule has 2 rings (SSSR count). The molecular formula is C12H9BrClNO2. The van der Waals surface area contributed by atoms with Crippen LogP contribution in [0.3, 0.4) is 0 Å². The molecule has 0 saturated carbocycles. The van der Waals surface area contributed by atoms with E-state index in [1.54, 1.807) is 37.3 Å². The van der Waals surface area contributed by atoms with Gasteiger partial charge in [-0.05, 0) is 53.2 Å². The lowest BCUT2D eigenvalue weighted by Gasteiger charge is -2.06. The molecule has 0 aliphatic rings. The summed E-state index contributed by atoms with van der Waals surface area (Å²) in [6.07, 6.45) is 0. The van der Waals surface area contributed by atoms with Crippen LogP contribution >= 0.6 is 27.5 Å². The molecule has 0 spiro atoms. The number of aryl methyl sites for hydroxylation is 1. The molecule has 0 radical (unpaired) electrons. The highest BCUT2D eigenvalue weighted by Crippen LogP contribution is 2.26. The first-order valence-electron chi connectivity index (χ1n) is 4.89. The van der Waals surface area contributed by atoms with Gasteiger partial charge in [-0.15, -0.1) is 0 Å². The summed E-state index contributed by atoms with van der Waals surface area (Å²) in [5.41, 5.74) is 0.608. The van der Waals surface area contributed by atoms with E-state index in [2.05, 4.69) is 21.2 Å². The first-order valence-corrected chi connectivity index (χ1v) is 6.06. The second-order valence-electron chi connectivity index (χ2n) is 3.49. The minimum atomic E-state index is -0.305. The summed E-state index contributed by atoms with van der Waals surface area (Å²) in [7, 11) is 0. The number of nitrogens with one attached hydrogen (secondary N) is 1. The van der Waals surface area contributed by atoms with Crippen LogP contribution < -0.4 is 5.32 Å². The summed E-state index contributed by atoms with van der Waals surface area (Å²) in [5, 5.41) is 3.27. The van der Waals surface area contributed by atoms with E-state index in [-0.39, 0.29) is 11.7 Å². The maximum absolute atomic E-state index is 11.8. The average Bonchev–Trinajstić information content (AvgIpc) is 2.70. The van der Waals surface area contributed by atoms with Crippen molar-refractivity contribution in [2.24, 2.45) is 0 Å². The zero-order valence-corrected chi connectivity index (χ0v) is 11.3. The molecule has 5 heteroatoms. The second-order valence-corrected chi connectivity index (χ2v) is 4.78. The predicted molar refractivity (Wildman–Crippen MR) is 70.6 cm³/mol. The van der Waals surface area contributed by atoms with E-state index < -0.39 is 0 Å². The lowest BCUT2D eigenvalue weighted by Crippen LogP contribution is -2.11. The number of hydrogen-bond donors (Lipinski definition) is 1. The number of benzene rings is 1. The van der Waals surface area contributed by atoms with Crippen LogP contribution in [0.25, 0.3) is 0 Å². The molecule has 1 aromatic heterocycles. The second kappa shape index (κ2) is 4.94. The van der Waals surface area contributed by atoms with Crippen LogP contribution in [0.5, 0.6) is 0 Å². The molecule has 1 N–H and O–H groups in total. The van der Waals surface area contributed by atoms with Gasteiger partial charge in [-0.25, -0.2) is 0 Å². The van der Waals surface area contributed by atoms with Crippen LogP contribution in [-0.4, -0.2) is 5.91 Å². The fourth-order valence-corrected chi connectivity index (χ4v) is 1.85. The number of carbonyl (C=O) groups is 1. The molecule has 88 valence electrons. The fraction of sp³-hybridized carbons (Fsp3) is 0.0833. The number of amides is 1. The maximum Gasteiger partial charge on any atom is 0.291 e. The van der Waals surface area contributed by atoms with Crippen molar-refractivity contribution >= 4 is 39.1 Å². The minimum absolute atomic E-state index is 0.273. The molecule has 2 aromatic rings. The average molecular weight is 315 g/mol. The Morgan fingerprint density at radius 2 is 2.12 bits per heavy atom. The molecule has 0 aliphatic carbocycles. The van der Waals surface area contributed by atoms with E-state index in [1.165, 1.54) is 0 Å². The summed E-state index contributed by atoms with van der Waals surface area (Å²) < 4.78 is 5.99. The molecular weight excluding hydrogens is 305 g/mol. The van der Waals surface area contributed by atoms with Crippen LogP contribution in [0.4, 0.5) is 5.69 Å². The van der Waals surface area contributed by atoms with Crippen molar-refractivity contribution in [1.82, 2.24) is 0 Å². The molecule has 0 fully saturated rings. The molecule has 0 aliphatic heterocycles. The standard InChI is InChI=1S/C12H9BrClNO2/c1-7-2-5-11(17-7)12(16)15-10-6-8(14)3-4-9(10)13/h2-6H,1H3,(H,15,16). The predicted octanol–water partition coefficient (Wildman–Crippen LogP) is 4.26. The Hall–Kier alpha value is -1.26. The van der Waals surface area contributed by atoms with Gasteiger partial charge in [-0.3, -0.25) is 4.79 Å². The van der Waals surface area contributed by atoms with E-state index in [9.17, 15) is 4.79 Å². The van der Waals surface area contributed by atoms with E-state index >= 15 is 0 Å². The first kappa shape index (κ1) is 12.2. The van der Waals surface area contributed by atoms with Crippen LogP contribution in [-0.2, 0) is 0 Å². The van der Waals surface area contributed by atoms with Crippen LogP contribution in [0, 0.1) is 6.92 Å². The molecule has 0 saturated heterocycles. The van der Waals surface area contributed by atoms with Gasteiger partial charge in [-0.2, -0.15) is 0 Å². The molecule has 0 bridgehead atoms. The van der Waals surface area contributed by atoms with Gasteiger partial charge in [-0.1, -0.05) is 11.6 Å². The third kappa shape index (κ3) is 2.90. The molecule has 1 aromatic carbocycles. The van der Waals surface area contributed by atoms with Crippen LogP contribution in [0.15, 0.2) is 39.2 Å². The quantitative estimate of drug-likeness (QED) is 0.900. The molecule has 0 atom stereocenters. The number of hydrogen-bond acceptors (Lipinski definition) is 2. The molecule has 17 heavy (non-hydrogen) atoms. The van der Waals surface area contributed by atoms with Crippen molar-refractivity contribution in [2.75, 3.05) is 5.32 Å². The number of furan rings is 1. The third-order valence-electron chi connectivity index (χ3n) is 2.14. The highest BCUT2D eigenvalue weighted by atomic mass is 79.9. The normalized spacial score (nSPS) is 10.3. The molecule has 3 nitrogen and oxygen atoms in total. The fourth-order valence-electron chi connectivity index (χ4n) is 1.33. The van der Waals surface area contributed by atoms with Crippen molar-refractivity contribution in [3.05, 3.63) is 51.3 Å². The highest BCUT2D eigenvalue weighted by molar-refractivity contribution is 9.10. The summed E-state index contributed by atoms with van der Waals surface area (Å²) in [4.78, 5) is 11.8. The zero-order valence-electron chi connectivity index (χ0n) is 8.96. The van der Waals surface area contributed by atoms with Gasteiger partial charge in [0.1, 0.15) is 5.76 Å². The van der Waals surface area contributed by atoms with Crippen molar-refractivity contribution in [1.29, 1.82) is 0 Å².